The van der Waals surface area contributed by atoms with Gasteiger partial charge in [-0.15, -0.1) is 0 Å². The first-order valence-electron chi connectivity index (χ1n) is 11.6. The number of carbonyl (C=O) groups excluding carboxylic acids is 2. The maximum Gasteiger partial charge on any atom is 0.329 e. The highest BCUT2D eigenvalue weighted by Gasteiger charge is 2.27. The van der Waals surface area contributed by atoms with Gasteiger partial charge in [-0.1, -0.05) is 54.6 Å². The normalized spacial score (nSPS) is 12.1. The van der Waals surface area contributed by atoms with E-state index >= 15 is 0 Å². The molecule has 0 aromatic heterocycles. The summed E-state index contributed by atoms with van der Waals surface area (Å²) in [6.07, 6.45) is 2.65. The van der Waals surface area contributed by atoms with Gasteiger partial charge in [-0.3, -0.25) is 4.79 Å². The number of hydrogen-bond donors (Lipinski definition) is 2. The van der Waals surface area contributed by atoms with Crippen molar-refractivity contribution in [1.82, 2.24) is 5.32 Å². The first-order chi connectivity index (χ1) is 16.2. The van der Waals surface area contributed by atoms with E-state index in [1.807, 2.05) is 81.4 Å². The van der Waals surface area contributed by atoms with Gasteiger partial charge in [0.15, 0.2) is 0 Å². The molecule has 0 saturated heterocycles. The number of phenols is 1. The van der Waals surface area contributed by atoms with Crippen LogP contribution in [-0.4, -0.2) is 28.6 Å². The van der Waals surface area contributed by atoms with Crippen LogP contribution in [0.1, 0.15) is 54.2 Å². The van der Waals surface area contributed by atoms with Crippen molar-refractivity contribution in [3.05, 3.63) is 101 Å². The third kappa shape index (κ3) is 8.07. The topological polar surface area (TPSA) is 75.6 Å². The molecule has 1 amide bonds. The fraction of sp³-hybridized carbons (Fsp3) is 0.310. The fourth-order valence-electron chi connectivity index (χ4n) is 3.64. The molecule has 0 saturated carbocycles. The highest BCUT2D eigenvalue weighted by atomic mass is 16.6. The number of rotatable bonds is 9. The van der Waals surface area contributed by atoms with Crippen LogP contribution in [0.15, 0.2) is 78.9 Å². The number of benzene rings is 3. The predicted molar refractivity (Wildman–Crippen MR) is 134 cm³/mol. The lowest BCUT2D eigenvalue weighted by Gasteiger charge is -2.24. The van der Waals surface area contributed by atoms with Crippen molar-refractivity contribution >= 4 is 11.9 Å². The average Bonchev–Trinajstić information content (AvgIpc) is 2.81. The van der Waals surface area contributed by atoms with E-state index in [-0.39, 0.29) is 11.7 Å². The molecule has 5 heteroatoms. The average molecular weight is 460 g/mol. The molecule has 1 atom stereocenters. The second-order valence-electron chi connectivity index (χ2n) is 9.45. The summed E-state index contributed by atoms with van der Waals surface area (Å²) in [5.74, 6) is -0.482. The van der Waals surface area contributed by atoms with Gasteiger partial charge < -0.3 is 15.2 Å². The van der Waals surface area contributed by atoms with Crippen LogP contribution in [0.2, 0.25) is 0 Å². The molecule has 3 aromatic rings. The molecule has 0 spiro atoms. The summed E-state index contributed by atoms with van der Waals surface area (Å²) < 4.78 is 5.57. The maximum atomic E-state index is 13.1. The van der Waals surface area contributed by atoms with Gasteiger partial charge in [-0.2, -0.15) is 0 Å². The van der Waals surface area contributed by atoms with E-state index in [0.717, 1.165) is 29.5 Å². The molecule has 3 rings (SSSR count). The number of phenolic OH excluding ortho intramolecular Hbond substituents is 1. The van der Waals surface area contributed by atoms with Gasteiger partial charge in [0, 0.05) is 5.56 Å². The Balaban J connectivity index is 1.67. The van der Waals surface area contributed by atoms with Crippen LogP contribution in [0.3, 0.4) is 0 Å². The first kappa shape index (κ1) is 25.0. The zero-order valence-electron chi connectivity index (χ0n) is 20.1. The van der Waals surface area contributed by atoms with Crippen molar-refractivity contribution < 1.29 is 19.4 Å². The third-order valence-electron chi connectivity index (χ3n) is 5.39. The van der Waals surface area contributed by atoms with Crippen molar-refractivity contribution in [2.45, 2.75) is 58.1 Å². The van der Waals surface area contributed by atoms with Crippen LogP contribution in [0.25, 0.3) is 0 Å². The molecule has 0 radical (unpaired) electrons. The Bertz CT molecular complexity index is 1090. The number of ether oxygens (including phenoxy) is 1. The molecule has 0 bridgehead atoms. The van der Waals surface area contributed by atoms with Crippen LogP contribution >= 0.6 is 0 Å². The predicted octanol–water partition coefficient (Wildman–Crippen LogP) is 5.25. The Hall–Kier alpha value is -3.60. The SMILES string of the molecule is CC(C)(C)OC(=O)[C@H](CCc1ccccc1)NC(=O)c1cccc(CCc2ccc(O)cc2)c1. The minimum Gasteiger partial charge on any atom is -0.508 e. The van der Waals surface area contributed by atoms with Gasteiger partial charge in [0.05, 0.1) is 0 Å². The molecule has 2 N–H and O–H groups in total. The molecule has 3 aromatic carbocycles. The molecular weight excluding hydrogens is 426 g/mol. The molecule has 0 heterocycles. The Morgan fingerprint density at radius 3 is 2.12 bits per heavy atom. The monoisotopic (exact) mass is 459 g/mol. The fourth-order valence-corrected chi connectivity index (χ4v) is 3.64. The zero-order chi connectivity index (χ0) is 24.6. The van der Waals surface area contributed by atoms with Gasteiger partial charge >= 0.3 is 5.97 Å². The second kappa shape index (κ2) is 11.5. The lowest BCUT2D eigenvalue weighted by molar-refractivity contribution is -0.157. The van der Waals surface area contributed by atoms with Crippen molar-refractivity contribution in [2.24, 2.45) is 0 Å². The quantitative estimate of drug-likeness (QED) is 0.429. The minimum absolute atomic E-state index is 0.245. The van der Waals surface area contributed by atoms with Crippen LogP contribution in [0, 0.1) is 0 Å². The summed E-state index contributed by atoms with van der Waals surface area (Å²) in [7, 11) is 0. The van der Waals surface area contributed by atoms with Crippen molar-refractivity contribution in [3.8, 4) is 5.75 Å². The van der Waals surface area contributed by atoms with Crippen molar-refractivity contribution in [3.63, 3.8) is 0 Å². The highest BCUT2D eigenvalue weighted by molar-refractivity contribution is 5.97. The second-order valence-corrected chi connectivity index (χ2v) is 9.45. The number of nitrogens with one attached hydrogen (secondary N) is 1. The van der Waals surface area contributed by atoms with Crippen LogP contribution in [-0.2, 0) is 28.8 Å². The largest absolute Gasteiger partial charge is 0.508 e. The number of hydrogen-bond acceptors (Lipinski definition) is 4. The zero-order valence-corrected chi connectivity index (χ0v) is 20.1. The van der Waals surface area contributed by atoms with Gasteiger partial charge in [0.1, 0.15) is 17.4 Å². The number of carbonyl (C=O) groups is 2. The van der Waals surface area contributed by atoms with Crippen molar-refractivity contribution in [2.75, 3.05) is 0 Å². The maximum absolute atomic E-state index is 13.1. The van der Waals surface area contributed by atoms with Crippen molar-refractivity contribution in [1.29, 1.82) is 0 Å². The summed E-state index contributed by atoms with van der Waals surface area (Å²) in [6.45, 7) is 5.45. The standard InChI is InChI=1S/C29H33NO4/c1-29(2,3)34-28(33)26(19-16-21-8-5-4-6-9-21)30-27(32)24-11-7-10-23(20-24)13-12-22-14-17-25(31)18-15-22/h4-11,14-15,17-18,20,26,31H,12-13,16,19H2,1-3H3,(H,30,32)/t26-/m0/s1. The van der Waals surface area contributed by atoms with E-state index in [1.165, 1.54) is 0 Å². The van der Waals surface area contributed by atoms with E-state index in [1.54, 1.807) is 18.2 Å². The summed E-state index contributed by atoms with van der Waals surface area (Å²) in [5.41, 5.74) is 3.11. The van der Waals surface area contributed by atoms with Crippen LogP contribution < -0.4 is 5.32 Å². The number of aromatic hydroxyl groups is 1. The molecule has 34 heavy (non-hydrogen) atoms. The smallest absolute Gasteiger partial charge is 0.329 e. The van der Waals surface area contributed by atoms with Gasteiger partial charge in [0.25, 0.3) is 5.91 Å². The van der Waals surface area contributed by atoms with Gasteiger partial charge in [-0.05, 0) is 87.4 Å². The van der Waals surface area contributed by atoms with E-state index < -0.39 is 17.6 Å². The van der Waals surface area contributed by atoms with Crippen LogP contribution in [0.4, 0.5) is 0 Å². The van der Waals surface area contributed by atoms with E-state index in [0.29, 0.717) is 18.4 Å². The first-order valence-corrected chi connectivity index (χ1v) is 11.6. The Morgan fingerprint density at radius 1 is 0.824 bits per heavy atom. The lowest BCUT2D eigenvalue weighted by atomic mass is 10.0. The molecule has 0 fully saturated rings. The minimum atomic E-state index is -0.743. The molecule has 0 unspecified atom stereocenters. The summed E-state index contributed by atoms with van der Waals surface area (Å²) in [6, 6.07) is 23.7. The van der Waals surface area contributed by atoms with E-state index in [4.69, 9.17) is 4.74 Å². The number of amides is 1. The molecule has 178 valence electrons. The summed E-state index contributed by atoms with van der Waals surface area (Å²) in [4.78, 5) is 25.9. The Labute approximate surface area is 201 Å². The Kier molecular flexibility index (Phi) is 8.47. The van der Waals surface area contributed by atoms with Gasteiger partial charge in [0.2, 0.25) is 0 Å². The molecular formula is C29H33NO4. The number of esters is 1. The summed E-state index contributed by atoms with van der Waals surface area (Å²) in [5, 5.41) is 12.3. The third-order valence-corrected chi connectivity index (χ3v) is 5.39. The molecule has 0 aliphatic rings. The van der Waals surface area contributed by atoms with Gasteiger partial charge in [-0.25, -0.2) is 4.79 Å². The number of aryl methyl sites for hydroxylation is 3. The lowest BCUT2D eigenvalue weighted by Crippen LogP contribution is -2.44. The molecule has 5 nitrogen and oxygen atoms in total. The Morgan fingerprint density at radius 2 is 1.44 bits per heavy atom. The molecule has 0 aliphatic heterocycles. The van der Waals surface area contributed by atoms with E-state index in [2.05, 4.69) is 5.32 Å². The summed E-state index contributed by atoms with van der Waals surface area (Å²) >= 11 is 0. The molecule has 0 aliphatic carbocycles. The highest BCUT2D eigenvalue weighted by Crippen LogP contribution is 2.15. The van der Waals surface area contributed by atoms with E-state index in [9.17, 15) is 14.7 Å². The van der Waals surface area contributed by atoms with Crippen LogP contribution in [0.5, 0.6) is 5.75 Å².